The maximum absolute atomic E-state index is 5.76. The van der Waals surface area contributed by atoms with Crippen LogP contribution >= 0.6 is 0 Å². The zero-order valence-corrected chi connectivity index (χ0v) is 10.6. The lowest BCUT2D eigenvalue weighted by Gasteiger charge is -2.21. The predicted molar refractivity (Wildman–Crippen MR) is 69.8 cm³/mol. The van der Waals surface area contributed by atoms with Crippen molar-refractivity contribution in [3.8, 4) is 0 Å². The lowest BCUT2D eigenvalue weighted by Crippen LogP contribution is -2.24. The monoisotopic (exact) mass is 221 g/mol. The Balaban J connectivity index is 2.69. The van der Waals surface area contributed by atoms with Gasteiger partial charge in [0.25, 0.3) is 0 Å². The number of pyridine rings is 1. The van der Waals surface area contributed by atoms with Gasteiger partial charge >= 0.3 is 0 Å². The summed E-state index contributed by atoms with van der Waals surface area (Å²) in [5.74, 6) is 1.07. The Bertz CT molecular complexity index is 293. The van der Waals surface area contributed by atoms with Gasteiger partial charge in [-0.1, -0.05) is 13.0 Å². The second-order valence-corrected chi connectivity index (χ2v) is 4.29. The fourth-order valence-corrected chi connectivity index (χ4v) is 1.80. The molecule has 1 unspecified atom stereocenters. The number of rotatable bonds is 6. The minimum Gasteiger partial charge on any atom is -0.357 e. The van der Waals surface area contributed by atoms with Crippen LogP contribution in [0.3, 0.4) is 0 Å². The summed E-state index contributed by atoms with van der Waals surface area (Å²) in [5.41, 5.74) is 6.97. The molecule has 2 N–H and O–H groups in total. The fraction of sp³-hybridized carbons (Fsp3) is 0.615. The molecule has 1 aromatic heterocycles. The summed E-state index contributed by atoms with van der Waals surface area (Å²) in [7, 11) is 0. The molecule has 0 aliphatic heterocycles. The van der Waals surface area contributed by atoms with Gasteiger partial charge in [0.1, 0.15) is 5.82 Å². The Morgan fingerprint density at radius 2 is 2.12 bits per heavy atom. The third kappa shape index (κ3) is 3.81. The van der Waals surface area contributed by atoms with Crippen molar-refractivity contribution in [2.45, 2.75) is 39.7 Å². The molecule has 3 nitrogen and oxygen atoms in total. The van der Waals surface area contributed by atoms with E-state index in [-0.39, 0.29) is 6.04 Å². The fourth-order valence-electron chi connectivity index (χ4n) is 1.80. The summed E-state index contributed by atoms with van der Waals surface area (Å²) in [6.45, 7) is 8.44. The summed E-state index contributed by atoms with van der Waals surface area (Å²) in [6.07, 6.45) is 3.99. The summed E-state index contributed by atoms with van der Waals surface area (Å²) >= 11 is 0. The number of nitrogens with two attached hydrogens (primary N) is 1. The van der Waals surface area contributed by atoms with Gasteiger partial charge in [0, 0.05) is 25.3 Å². The van der Waals surface area contributed by atoms with E-state index < -0.39 is 0 Å². The molecule has 0 saturated carbocycles. The topological polar surface area (TPSA) is 42.1 Å². The molecule has 0 saturated heterocycles. The van der Waals surface area contributed by atoms with Gasteiger partial charge < -0.3 is 10.6 Å². The number of hydrogen-bond acceptors (Lipinski definition) is 3. The van der Waals surface area contributed by atoms with Crippen molar-refractivity contribution in [3.05, 3.63) is 23.9 Å². The lowest BCUT2D eigenvalue weighted by molar-refractivity contribution is 0.733. The van der Waals surface area contributed by atoms with Crippen molar-refractivity contribution in [2.75, 3.05) is 18.0 Å². The number of anilines is 1. The molecule has 0 bridgehead atoms. The van der Waals surface area contributed by atoms with E-state index in [0.717, 1.165) is 31.7 Å². The molecule has 1 aromatic rings. The molecule has 1 heterocycles. The molecule has 0 aliphatic carbocycles. The van der Waals surface area contributed by atoms with E-state index in [4.69, 9.17) is 5.73 Å². The maximum Gasteiger partial charge on any atom is 0.128 e. The van der Waals surface area contributed by atoms with E-state index in [9.17, 15) is 0 Å². The van der Waals surface area contributed by atoms with Gasteiger partial charge in [-0.2, -0.15) is 0 Å². The highest BCUT2D eigenvalue weighted by atomic mass is 15.2. The molecule has 16 heavy (non-hydrogen) atoms. The molecule has 0 radical (unpaired) electrons. The highest BCUT2D eigenvalue weighted by Gasteiger charge is 2.04. The summed E-state index contributed by atoms with van der Waals surface area (Å²) in [4.78, 5) is 6.78. The van der Waals surface area contributed by atoms with Crippen LogP contribution in [0.15, 0.2) is 18.3 Å². The van der Waals surface area contributed by atoms with Crippen LogP contribution in [0.2, 0.25) is 0 Å². The Hall–Kier alpha value is -1.09. The van der Waals surface area contributed by atoms with Crippen LogP contribution in [0.1, 0.15) is 32.8 Å². The van der Waals surface area contributed by atoms with Gasteiger partial charge in [0.15, 0.2) is 0 Å². The molecule has 0 aromatic carbocycles. The molecule has 0 amide bonds. The van der Waals surface area contributed by atoms with Crippen molar-refractivity contribution in [3.63, 3.8) is 0 Å². The first-order valence-electron chi connectivity index (χ1n) is 6.12. The van der Waals surface area contributed by atoms with Crippen LogP contribution in [0.25, 0.3) is 0 Å². The molecule has 1 atom stereocenters. The maximum atomic E-state index is 5.76. The Labute approximate surface area is 98.7 Å². The summed E-state index contributed by atoms with van der Waals surface area (Å²) < 4.78 is 0. The Kier molecular flexibility index (Phi) is 5.26. The second kappa shape index (κ2) is 6.48. The van der Waals surface area contributed by atoms with Crippen molar-refractivity contribution in [2.24, 2.45) is 5.73 Å². The Morgan fingerprint density at radius 3 is 2.56 bits per heavy atom. The minimum atomic E-state index is 0.200. The molecule has 1 rings (SSSR count). The van der Waals surface area contributed by atoms with E-state index in [2.05, 4.69) is 35.9 Å². The minimum absolute atomic E-state index is 0.200. The average molecular weight is 221 g/mol. The van der Waals surface area contributed by atoms with Crippen LogP contribution < -0.4 is 10.6 Å². The van der Waals surface area contributed by atoms with Crippen molar-refractivity contribution in [1.29, 1.82) is 0 Å². The van der Waals surface area contributed by atoms with Crippen molar-refractivity contribution < 1.29 is 0 Å². The Morgan fingerprint density at radius 1 is 1.38 bits per heavy atom. The van der Waals surface area contributed by atoms with E-state index in [1.807, 2.05) is 13.1 Å². The van der Waals surface area contributed by atoms with Gasteiger partial charge in [-0.05, 0) is 38.3 Å². The van der Waals surface area contributed by atoms with Crippen LogP contribution in [0.5, 0.6) is 0 Å². The van der Waals surface area contributed by atoms with Crippen LogP contribution in [-0.4, -0.2) is 24.1 Å². The third-order valence-corrected chi connectivity index (χ3v) is 2.57. The molecule has 3 heteroatoms. The number of hydrogen-bond donors (Lipinski definition) is 1. The number of nitrogens with zero attached hydrogens (tertiary/aromatic N) is 2. The van der Waals surface area contributed by atoms with Gasteiger partial charge in [-0.3, -0.25) is 0 Å². The third-order valence-electron chi connectivity index (χ3n) is 2.57. The van der Waals surface area contributed by atoms with E-state index >= 15 is 0 Å². The standard InChI is InChI=1S/C13H23N3/c1-4-8-16(5-2)13-7-6-12(10-15-13)9-11(3)14/h6-7,10-11H,4-5,8-9,14H2,1-3H3. The van der Waals surface area contributed by atoms with Crippen molar-refractivity contribution >= 4 is 5.82 Å². The normalized spacial score (nSPS) is 12.5. The zero-order valence-electron chi connectivity index (χ0n) is 10.6. The number of aromatic nitrogens is 1. The highest BCUT2D eigenvalue weighted by Crippen LogP contribution is 2.12. The molecule has 0 fully saturated rings. The lowest BCUT2D eigenvalue weighted by atomic mass is 10.1. The van der Waals surface area contributed by atoms with Crippen LogP contribution in [-0.2, 0) is 6.42 Å². The molecule has 0 aliphatic rings. The molecular formula is C13H23N3. The van der Waals surface area contributed by atoms with E-state index in [1.165, 1.54) is 5.56 Å². The largest absolute Gasteiger partial charge is 0.357 e. The first-order valence-corrected chi connectivity index (χ1v) is 6.12. The first kappa shape index (κ1) is 13.0. The smallest absolute Gasteiger partial charge is 0.128 e. The average Bonchev–Trinajstić information content (AvgIpc) is 2.26. The van der Waals surface area contributed by atoms with Crippen LogP contribution in [0.4, 0.5) is 5.82 Å². The van der Waals surface area contributed by atoms with Gasteiger partial charge in [-0.15, -0.1) is 0 Å². The predicted octanol–water partition coefficient (Wildman–Crippen LogP) is 2.21. The quantitative estimate of drug-likeness (QED) is 0.801. The second-order valence-electron chi connectivity index (χ2n) is 4.29. The van der Waals surface area contributed by atoms with Crippen LogP contribution in [0, 0.1) is 0 Å². The molecule has 90 valence electrons. The highest BCUT2D eigenvalue weighted by molar-refractivity contribution is 5.39. The van der Waals surface area contributed by atoms with Gasteiger partial charge in [0.2, 0.25) is 0 Å². The first-order chi connectivity index (χ1) is 7.67. The molecule has 0 spiro atoms. The van der Waals surface area contributed by atoms with E-state index in [0.29, 0.717) is 0 Å². The summed E-state index contributed by atoms with van der Waals surface area (Å²) in [6, 6.07) is 4.42. The van der Waals surface area contributed by atoms with Gasteiger partial charge in [-0.25, -0.2) is 4.98 Å². The summed E-state index contributed by atoms with van der Waals surface area (Å²) in [5, 5.41) is 0. The van der Waals surface area contributed by atoms with Crippen molar-refractivity contribution in [1.82, 2.24) is 4.98 Å². The SMILES string of the molecule is CCCN(CC)c1ccc(CC(C)N)cn1. The molecular weight excluding hydrogens is 198 g/mol. The van der Waals surface area contributed by atoms with Gasteiger partial charge in [0.05, 0.1) is 0 Å². The zero-order chi connectivity index (χ0) is 12.0. The van der Waals surface area contributed by atoms with E-state index in [1.54, 1.807) is 0 Å².